The number of rotatable bonds is 2. The molecule has 0 aromatic heterocycles. The first kappa shape index (κ1) is 11.8. The zero-order chi connectivity index (χ0) is 8.27. The molecular weight excluding hydrogens is 167 g/mol. The van der Waals surface area contributed by atoms with Crippen LogP contribution in [0, 0.1) is 0 Å². The van der Waals surface area contributed by atoms with Gasteiger partial charge in [-0.3, -0.25) is 0 Å². The maximum Gasteiger partial charge on any atom is 1.00 e. The fraction of sp³-hybridized carbons (Fsp3) is 0.250. The van der Waals surface area contributed by atoms with E-state index >= 15 is 0 Å². The molecule has 0 fully saturated rings. The van der Waals surface area contributed by atoms with Crippen molar-refractivity contribution in [2.24, 2.45) is 0 Å². The summed E-state index contributed by atoms with van der Waals surface area (Å²) < 4.78 is 4.76. The Morgan fingerprint density at radius 2 is 2.17 bits per heavy atom. The summed E-state index contributed by atoms with van der Waals surface area (Å²) in [6, 6.07) is 4.48. The maximum absolute atomic E-state index is 10.9. The van der Waals surface area contributed by atoms with Gasteiger partial charge in [0.1, 0.15) is 5.75 Å². The van der Waals surface area contributed by atoms with E-state index in [1.54, 1.807) is 6.07 Å². The molecule has 60 valence electrons. The van der Waals surface area contributed by atoms with Crippen LogP contribution < -0.4 is 39.4 Å². The van der Waals surface area contributed by atoms with Crippen molar-refractivity contribution in [1.29, 1.82) is 0 Å². The van der Waals surface area contributed by atoms with E-state index in [2.05, 4.69) is 0 Å². The van der Waals surface area contributed by atoms with E-state index in [1.165, 1.54) is 19.2 Å². The standard InChI is InChI=1S/C8H10O3.Na/c1-11-8-4-6(5-9)2-3-7(8)10;/h2-4,9-10H,5H2,1H3;/q;+1/p-1. The second-order valence-electron chi connectivity index (χ2n) is 2.14. The van der Waals surface area contributed by atoms with Crippen molar-refractivity contribution in [3.8, 4) is 11.5 Å². The molecule has 0 aliphatic rings. The summed E-state index contributed by atoms with van der Waals surface area (Å²) in [4.78, 5) is 0. The molecule has 4 heteroatoms. The number of methoxy groups -OCH3 is 1. The average molecular weight is 176 g/mol. The molecule has 3 nitrogen and oxygen atoms in total. The van der Waals surface area contributed by atoms with Crippen molar-refractivity contribution >= 4 is 0 Å². The van der Waals surface area contributed by atoms with Crippen molar-refractivity contribution in [3.05, 3.63) is 23.8 Å². The Morgan fingerprint density at radius 3 is 2.67 bits per heavy atom. The predicted octanol–water partition coefficient (Wildman–Crippen LogP) is -2.73. The van der Waals surface area contributed by atoms with E-state index in [0.717, 1.165) is 0 Å². The molecule has 1 aromatic rings. The van der Waals surface area contributed by atoms with Crippen LogP contribution >= 0.6 is 0 Å². The van der Waals surface area contributed by atoms with Gasteiger partial charge in [0.25, 0.3) is 0 Å². The third-order valence-corrected chi connectivity index (χ3v) is 1.41. The van der Waals surface area contributed by atoms with Crippen LogP contribution in [-0.4, -0.2) is 12.2 Å². The largest absolute Gasteiger partial charge is 1.00 e. The first-order valence-corrected chi connectivity index (χ1v) is 3.22. The molecule has 12 heavy (non-hydrogen) atoms. The quantitative estimate of drug-likeness (QED) is 0.497. The topological polar surface area (TPSA) is 52.5 Å². The third kappa shape index (κ3) is 2.68. The number of ether oxygens (including phenoxy) is 1. The first-order valence-electron chi connectivity index (χ1n) is 3.22. The molecular formula is C8H9NaO3. The second kappa shape index (κ2) is 5.43. The number of hydrogen-bond acceptors (Lipinski definition) is 3. The Morgan fingerprint density at radius 1 is 1.50 bits per heavy atom. The maximum atomic E-state index is 10.9. The van der Waals surface area contributed by atoms with Crippen LogP contribution in [0.1, 0.15) is 5.56 Å². The molecule has 0 unspecified atom stereocenters. The van der Waals surface area contributed by atoms with Crippen LogP contribution in [0.4, 0.5) is 0 Å². The Bertz CT molecular complexity index is 250. The predicted molar refractivity (Wildman–Crippen MR) is 38.4 cm³/mol. The van der Waals surface area contributed by atoms with Crippen molar-refractivity contribution in [3.63, 3.8) is 0 Å². The van der Waals surface area contributed by atoms with Crippen molar-refractivity contribution in [2.75, 3.05) is 7.11 Å². The third-order valence-electron chi connectivity index (χ3n) is 1.41. The van der Waals surface area contributed by atoms with E-state index < -0.39 is 0 Å². The van der Waals surface area contributed by atoms with Gasteiger partial charge in [0, 0.05) is 0 Å². The summed E-state index contributed by atoms with van der Waals surface area (Å²) in [5, 5.41) is 19.6. The van der Waals surface area contributed by atoms with Crippen LogP contribution in [0.3, 0.4) is 0 Å². The number of hydrogen-bond donors (Lipinski definition) is 1. The zero-order valence-electron chi connectivity index (χ0n) is 7.20. The molecule has 0 saturated heterocycles. The van der Waals surface area contributed by atoms with Crippen LogP contribution in [0.15, 0.2) is 18.2 Å². The molecule has 0 bridgehead atoms. The normalized spacial score (nSPS) is 8.83. The molecule has 1 rings (SSSR count). The fourth-order valence-corrected chi connectivity index (χ4v) is 0.810. The summed E-state index contributed by atoms with van der Waals surface area (Å²) in [5.41, 5.74) is 0.682. The van der Waals surface area contributed by atoms with Gasteiger partial charge in [-0.05, 0) is 11.6 Å². The van der Waals surface area contributed by atoms with Crippen LogP contribution in [0.2, 0.25) is 0 Å². The molecule has 1 N–H and O–H groups in total. The fourth-order valence-electron chi connectivity index (χ4n) is 0.810. The van der Waals surface area contributed by atoms with Gasteiger partial charge in [0.2, 0.25) is 0 Å². The summed E-state index contributed by atoms with van der Waals surface area (Å²) in [6.07, 6.45) is 0. The van der Waals surface area contributed by atoms with Gasteiger partial charge in [0.05, 0.1) is 13.7 Å². The molecule has 0 aliphatic heterocycles. The Balaban J connectivity index is 0.00000121. The van der Waals surface area contributed by atoms with Crippen molar-refractivity contribution < 1.29 is 44.5 Å². The van der Waals surface area contributed by atoms with Gasteiger partial charge in [-0.15, -0.1) is 0 Å². The van der Waals surface area contributed by atoms with Crippen LogP contribution in [-0.2, 0) is 6.61 Å². The SMILES string of the molecule is COc1cc(CO)ccc1[O-].[Na+]. The van der Waals surface area contributed by atoms with E-state index in [1.807, 2.05) is 0 Å². The molecule has 1 aromatic carbocycles. The van der Waals surface area contributed by atoms with E-state index in [4.69, 9.17) is 9.84 Å². The molecule has 0 aliphatic carbocycles. The van der Waals surface area contributed by atoms with Gasteiger partial charge in [0.15, 0.2) is 0 Å². The molecule has 0 atom stereocenters. The van der Waals surface area contributed by atoms with E-state index in [-0.39, 0.29) is 47.7 Å². The Kier molecular flexibility index (Phi) is 5.33. The Labute approximate surface area is 93.3 Å². The summed E-state index contributed by atoms with van der Waals surface area (Å²) in [5.74, 6) is 0.112. The number of aliphatic hydroxyl groups is 1. The summed E-state index contributed by atoms with van der Waals surface area (Å²) in [7, 11) is 1.43. The monoisotopic (exact) mass is 176 g/mol. The average Bonchev–Trinajstić information content (AvgIpc) is 2.05. The van der Waals surface area contributed by atoms with E-state index in [0.29, 0.717) is 5.56 Å². The van der Waals surface area contributed by atoms with Gasteiger partial charge in [-0.2, -0.15) is 0 Å². The minimum atomic E-state index is -0.162. The molecule has 0 amide bonds. The van der Waals surface area contributed by atoms with Crippen molar-refractivity contribution in [2.45, 2.75) is 6.61 Å². The second-order valence-corrected chi connectivity index (χ2v) is 2.14. The Hall–Kier alpha value is -0.220. The molecule has 0 saturated carbocycles. The van der Waals surface area contributed by atoms with Crippen LogP contribution in [0.25, 0.3) is 0 Å². The summed E-state index contributed by atoms with van der Waals surface area (Å²) >= 11 is 0. The first-order chi connectivity index (χ1) is 5.27. The minimum absolute atomic E-state index is 0. The summed E-state index contributed by atoms with van der Waals surface area (Å²) in [6.45, 7) is -0.0728. The van der Waals surface area contributed by atoms with Gasteiger partial charge < -0.3 is 14.9 Å². The smallest absolute Gasteiger partial charge is 0.870 e. The molecule has 0 spiro atoms. The van der Waals surface area contributed by atoms with Crippen LogP contribution in [0.5, 0.6) is 11.5 Å². The zero-order valence-corrected chi connectivity index (χ0v) is 9.20. The number of aliphatic hydroxyl groups excluding tert-OH is 1. The minimum Gasteiger partial charge on any atom is -0.870 e. The van der Waals surface area contributed by atoms with Gasteiger partial charge in [-0.1, -0.05) is 17.9 Å². The molecule has 0 radical (unpaired) electrons. The van der Waals surface area contributed by atoms with Gasteiger partial charge in [-0.25, -0.2) is 0 Å². The van der Waals surface area contributed by atoms with E-state index in [9.17, 15) is 5.11 Å². The van der Waals surface area contributed by atoms with Gasteiger partial charge >= 0.3 is 29.6 Å². The number of benzene rings is 1. The van der Waals surface area contributed by atoms with Crippen molar-refractivity contribution in [1.82, 2.24) is 0 Å². The molecule has 0 heterocycles.